The highest BCUT2D eigenvalue weighted by Crippen LogP contribution is 2.23. The highest BCUT2D eigenvalue weighted by Gasteiger charge is 2.01. The molecule has 0 aliphatic carbocycles. The van der Waals surface area contributed by atoms with Crippen molar-refractivity contribution in [1.29, 1.82) is 0 Å². The highest BCUT2D eigenvalue weighted by molar-refractivity contribution is 5.83. The summed E-state index contributed by atoms with van der Waals surface area (Å²) in [5.41, 5.74) is 10.1. The number of nitrogens with zero attached hydrogens (tertiary/aromatic N) is 1. The molecule has 0 fully saturated rings. The van der Waals surface area contributed by atoms with Crippen molar-refractivity contribution in [2.24, 2.45) is 5.73 Å². The molecule has 2 N–H and O–H groups in total. The van der Waals surface area contributed by atoms with Gasteiger partial charge in [-0.3, -0.25) is 4.98 Å². The average molecular weight is 234 g/mol. The first kappa shape index (κ1) is 10.9. The fourth-order valence-electron chi connectivity index (χ4n) is 2.11. The number of para-hydroxylation sites is 1. The third-order valence-electron chi connectivity index (χ3n) is 3.09. The van der Waals surface area contributed by atoms with Crippen LogP contribution in [0, 0.1) is 0 Å². The van der Waals surface area contributed by atoms with E-state index in [-0.39, 0.29) is 0 Å². The molecule has 1 heterocycles. The summed E-state index contributed by atoms with van der Waals surface area (Å²) < 4.78 is 0. The number of fused-ring (bicyclic) bond motifs is 1. The number of hydrogen-bond donors (Lipinski definition) is 1. The summed E-state index contributed by atoms with van der Waals surface area (Å²) in [6.45, 7) is 0.564. The Morgan fingerprint density at radius 2 is 1.78 bits per heavy atom. The summed E-state index contributed by atoms with van der Waals surface area (Å²) in [6.07, 6.45) is 1.91. The van der Waals surface area contributed by atoms with Crippen LogP contribution in [0.1, 0.15) is 5.56 Å². The summed E-state index contributed by atoms with van der Waals surface area (Å²) >= 11 is 0. The smallest absolute Gasteiger partial charge is 0.0702 e. The fraction of sp³-hybridized carbons (Fsp3) is 0.0625. The number of nitrogens with two attached hydrogens (primary N) is 1. The van der Waals surface area contributed by atoms with Gasteiger partial charge in [-0.25, -0.2) is 0 Å². The Balaban J connectivity index is 2.13. The molecule has 0 unspecified atom stereocenters. The monoisotopic (exact) mass is 234 g/mol. The zero-order chi connectivity index (χ0) is 12.4. The van der Waals surface area contributed by atoms with Crippen molar-refractivity contribution >= 4 is 10.9 Å². The molecule has 0 atom stereocenters. The number of rotatable bonds is 2. The van der Waals surface area contributed by atoms with Gasteiger partial charge in [-0.15, -0.1) is 0 Å². The molecular formula is C16H14N2. The molecule has 0 bridgehead atoms. The Labute approximate surface area is 106 Å². The van der Waals surface area contributed by atoms with E-state index in [9.17, 15) is 0 Å². The van der Waals surface area contributed by atoms with Crippen LogP contribution in [0.3, 0.4) is 0 Å². The van der Waals surface area contributed by atoms with E-state index in [4.69, 9.17) is 5.73 Å². The third kappa shape index (κ3) is 1.98. The number of aromatic nitrogens is 1. The van der Waals surface area contributed by atoms with Crippen LogP contribution in [0.15, 0.2) is 60.8 Å². The molecule has 0 saturated carbocycles. The maximum atomic E-state index is 5.67. The normalized spacial score (nSPS) is 10.7. The van der Waals surface area contributed by atoms with Crippen LogP contribution in [0.2, 0.25) is 0 Å². The predicted molar refractivity (Wildman–Crippen MR) is 75.1 cm³/mol. The quantitative estimate of drug-likeness (QED) is 0.738. The van der Waals surface area contributed by atoms with Crippen molar-refractivity contribution in [1.82, 2.24) is 4.98 Å². The maximum absolute atomic E-state index is 5.67. The molecule has 2 nitrogen and oxygen atoms in total. The highest BCUT2D eigenvalue weighted by atomic mass is 14.6. The van der Waals surface area contributed by atoms with E-state index in [1.54, 1.807) is 0 Å². The molecule has 0 amide bonds. The molecule has 2 heteroatoms. The number of benzene rings is 2. The summed E-state index contributed by atoms with van der Waals surface area (Å²) in [5, 5.41) is 1.16. The Morgan fingerprint density at radius 1 is 0.889 bits per heavy atom. The zero-order valence-corrected chi connectivity index (χ0v) is 10.0. The molecule has 18 heavy (non-hydrogen) atoms. The Bertz CT molecular complexity index is 689. The van der Waals surface area contributed by atoms with E-state index in [0.717, 1.165) is 27.6 Å². The largest absolute Gasteiger partial charge is 0.326 e. The second kappa shape index (κ2) is 4.59. The van der Waals surface area contributed by atoms with Crippen molar-refractivity contribution < 1.29 is 0 Å². The Morgan fingerprint density at radius 3 is 2.67 bits per heavy atom. The van der Waals surface area contributed by atoms with Gasteiger partial charge >= 0.3 is 0 Å². The lowest BCUT2D eigenvalue weighted by atomic mass is 10.0. The predicted octanol–water partition coefficient (Wildman–Crippen LogP) is 3.36. The van der Waals surface area contributed by atoms with E-state index < -0.39 is 0 Å². The minimum absolute atomic E-state index is 0.564. The van der Waals surface area contributed by atoms with E-state index in [1.165, 1.54) is 0 Å². The molecule has 0 radical (unpaired) electrons. The Hall–Kier alpha value is -2.19. The number of hydrogen-bond acceptors (Lipinski definition) is 2. The van der Waals surface area contributed by atoms with E-state index in [2.05, 4.69) is 29.2 Å². The molecule has 1 aromatic heterocycles. The molecule has 88 valence electrons. The Kier molecular flexibility index (Phi) is 2.79. The van der Waals surface area contributed by atoms with Gasteiger partial charge in [0.15, 0.2) is 0 Å². The fourth-order valence-corrected chi connectivity index (χ4v) is 2.11. The third-order valence-corrected chi connectivity index (χ3v) is 3.09. The van der Waals surface area contributed by atoms with Crippen LogP contribution in [-0.2, 0) is 6.54 Å². The molecule has 0 aliphatic heterocycles. The van der Waals surface area contributed by atoms with Gasteiger partial charge in [-0.1, -0.05) is 36.4 Å². The van der Waals surface area contributed by atoms with Gasteiger partial charge in [0.1, 0.15) is 0 Å². The SMILES string of the molecule is NCc1cccc(-c2cnc3ccccc3c2)c1. The van der Waals surface area contributed by atoms with Crippen molar-refractivity contribution in [2.45, 2.75) is 6.54 Å². The summed E-state index contributed by atoms with van der Waals surface area (Å²) in [4.78, 5) is 4.48. The van der Waals surface area contributed by atoms with E-state index in [0.29, 0.717) is 6.54 Å². The molecular weight excluding hydrogens is 220 g/mol. The lowest BCUT2D eigenvalue weighted by molar-refractivity contribution is 1.07. The first-order valence-corrected chi connectivity index (χ1v) is 6.01. The van der Waals surface area contributed by atoms with Crippen LogP contribution in [0.25, 0.3) is 22.0 Å². The topological polar surface area (TPSA) is 38.9 Å². The van der Waals surface area contributed by atoms with Gasteiger partial charge in [-0.05, 0) is 29.3 Å². The van der Waals surface area contributed by atoms with Crippen molar-refractivity contribution in [3.05, 3.63) is 66.4 Å². The second-order valence-corrected chi connectivity index (χ2v) is 4.32. The molecule has 3 aromatic rings. The first-order valence-electron chi connectivity index (χ1n) is 6.01. The average Bonchev–Trinajstić information content (AvgIpc) is 2.47. The van der Waals surface area contributed by atoms with Gasteiger partial charge in [0.05, 0.1) is 5.52 Å². The zero-order valence-electron chi connectivity index (χ0n) is 10.0. The van der Waals surface area contributed by atoms with Crippen LogP contribution in [-0.4, -0.2) is 4.98 Å². The number of pyridine rings is 1. The lowest BCUT2D eigenvalue weighted by Gasteiger charge is -2.05. The summed E-state index contributed by atoms with van der Waals surface area (Å²) in [6, 6.07) is 18.6. The van der Waals surface area contributed by atoms with Crippen molar-refractivity contribution in [3.63, 3.8) is 0 Å². The minimum atomic E-state index is 0.564. The van der Waals surface area contributed by atoms with Gasteiger partial charge in [0.25, 0.3) is 0 Å². The van der Waals surface area contributed by atoms with Crippen LogP contribution >= 0.6 is 0 Å². The molecule has 2 aromatic carbocycles. The first-order chi connectivity index (χ1) is 8.86. The van der Waals surface area contributed by atoms with Gasteiger partial charge in [0.2, 0.25) is 0 Å². The van der Waals surface area contributed by atoms with Crippen LogP contribution in [0.5, 0.6) is 0 Å². The van der Waals surface area contributed by atoms with Gasteiger partial charge < -0.3 is 5.73 Å². The summed E-state index contributed by atoms with van der Waals surface area (Å²) in [7, 11) is 0. The molecule has 3 rings (SSSR count). The lowest BCUT2D eigenvalue weighted by Crippen LogP contribution is -1.95. The van der Waals surface area contributed by atoms with Gasteiger partial charge in [-0.2, -0.15) is 0 Å². The summed E-state index contributed by atoms with van der Waals surface area (Å²) in [5.74, 6) is 0. The van der Waals surface area contributed by atoms with Gasteiger partial charge in [0, 0.05) is 23.7 Å². The molecule has 0 aliphatic rings. The van der Waals surface area contributed by atoms with Crippen molar-refractivity contribution in [2.75, 3.05) is 0 Å². The second-order valence-electron chi connectivity index (χ2n) is 4.32. The molecule has 0 spiro atoms. The van der Waals surface area contributed by atoms with Crippen molar-refractivity contribution in [3.8, 4) is 11.1 Å². The maximum Gasteiger partial charge on any atom is 0.0702 e. The van der Waals surface area contributed by atoms with Crippen LogP contribution < -0.4 is 5.73 Å². The van der Waals surface area contributed by atoms with E-state index in [1.807, 2.05) is 36.5 Å². The standard InChI is InChI=1S/C16H14N2/c17-10-12-4-3-6-13(8-12)15-9-14-5-1-2-7-16(14)18-11-15/h1-9,11H,10,17H2. The van der Waals surface area contributed by atoms with Crippen LogP contribution in [0.4, 0.5) is 0 Å². The molecule has 0 saturated heterocycles. The minimum Gasteiger partial charge on any atom is -0.326 e. The van der Waals surface area contributed by atoms with E-state index >= 15 is 0 Å².